The van der Waals surface area contributed by atoms with Gasteiger partial charge in [0.25, 0.3) is 0 Å². The number of rotatable bonds is 5. The summed E-state index contributed by atoms with van der Waals surface area (Å²) in [6.07, 6.45) is 10.8. The average Bonchev–Trinajstić information content (AvgIpc) is 3.14. The Hall–Kier alpha value is -2.41. The van der Waals surface area contributed by atoms with Crippen LogP contribution in [0.4, 0.5) is 4.79 Å². The lowest BCUT2D eigenvalue weighted by Crippen LogP contribution is -2.60. The first kappa shape index (κ1) is 24.9. The molecule has 0 radical (unpaired) electrons. The predicted molar refractivity (Wildman–Crippen MR) is 143 cm³/mol. The number of fused-ring (bicyclic) bond motifs is 3. The summed E-state index contributed by atoms with van der Waals surface area (Å²) in [5, 5.41) is 22.9. The van der Waals surface area contributed by atoms with Crippen LogP contribution in [0.15, 0.2) is 48.5 Å². The second kappa shape index (κ2) is 9.11. The number of hydrogen-bond donors (Lipinski definition) is 4. The zero-order valence-electron chi connectivity index (χ0n) is 21.7. The van der Waals surface area contributed by atoms with E-state index >= 15 is 0 Å². The number of carbonyl (C=O) groups excluding carboxylic acids is 1. The van der Waals surface area contributed by atoms with Gasteiger partial charge in [-0.3, -0.25) is 0 Å². The van der Waals surface area contributed by atoms with Crippen molar-refractivity contribution in [3.8, 4) is 11.1 Å². The van der Waals surface area contributed by atoms with Crippen LogP contribution in [0.5, 0.6) is 0 Å². The van der Waals surface area contributed by atoms with Crippen molar-refractivity contribution in [2.45, 2.75) is 81.3 Å². The Bertz CT molecular complexity index is 1100. The van der Waals surface area contributed by atoms with E-state index in [4.69, 9.17) is 10.5 Å². The molecule has 4 fully saturated rings. The normalized spacial score (nSPS) is 26.8. The molecule has 2 spiro atoms. The van der Waals surface area contributed by atoms with Gasteiger partial charge in [-0.1, -0.05) is 61.4 Å². The standard InChI is InChI=1S/C23H25NO3.C8H15NO/c25-21(24-15-23(26)13-22(14-23)10-5-11-22)27-12-20-18-8-3-1-6-16(18)17-7-2-4-9-19(17)20;9-6-8(10)4-7(5-8)2-1-3-7/h1-4,6-9,20,26H,5,10-15H2,(H,24,25);10H,1-6,9H2. The van der Waals surface area contributed by atoms with Crippen LogP contribution in [0.3, 0.4) is 0 Å². The summed E-state index contributed by atoms with van der Waals surface area (Å²) < 4.78 is 5.53. The van der Waals surface area contributed by atoms with E-state index in [2.05, 4.69) is 29.6 Å². The van der Waals surface area contributed by atoms with E-state index in [1.54, 1.807) is 0 Å². The summed E-state index contributed by atoms with van der Waals surface area (Å²) in [6.45, 7) is 1.04. The second-order valence-corrected chi connectivity index (χ2v) is 12.7. The highest BCUT2D eigenvalue weighted by atomic mass is 16.5. The molecule has 7 rings (SSSR count). The molecule has 0 aliphatic heterocycles. The molecule has 1 amide bonds. The smallest absolute Gasteiger partial charge is 0.407 e. The van der Waals surface area contributed by atoms with E-state index in [9.17, 15) is 15.0 Å². The van der Waals surface area contributed by atoms with Gasteiger partial charge in [-0.15, -0.1) is 0 Å². The molecule has 0 bridgehead atoms. The van der Waals surface area contributed by atoms with E-state index in [0.717, 1.165) is 25.7 Å². The van der Waals surface area contributed by atoms with Crippen LogP contribution < -0.4 is 11.1 Å². The Morgan fingerprint density at radius 1 is 0.838 bits per heavy atom. The summed E-state index contributed by atoms with van der Waals surface area (Å²) in [5.74, 6) is 0.0631. The third kappa shape index (κ3) is 4.58. The molecular weight excluding hydrogens is 464 g/mol. The minimum Gasteiger partial charge on any atom is -0.449 e. The number of amides is 1. The molecule has 0 atom stereocenters. The predicted octanol–water partition coefficient (Wildman–Crippen LogP) is 4.86. The maximum atomic E-state index is 12.2. The zero-order valence-corrected chi connectivity index (χ0v) is 21.7. The Morgan fingerprint density at radius 3 is 1.78 bits per heavy atom. The van der Waals surface area contributed by atoms with Crippen molar-refractivity contribution in [1.82, 2.24) is 5.32 Å². The second-order valence-electron chi connectivity index (χ2n) is 12.7. The molecule has 2 aromatic rings. The molecular formula is C31H40N2O4. The zero-order chi connectivity index (χ0) is 25.7. The van der Waals surface area contributed by atoms with Crippen molar-refractivity contribution in [3.05, 3.63) is 59.7 Å². The van der Waals surface area contributed by atoms with Crippen LogP contribution >= 0.6 is 0 Å². The topological polar surface area (TPSA) is 105 Å². The number of hydrogen-bond acceptors (Lipinski definition) is 5. The minimum absolute atomic E-state index is 0.0631. The quantitative estimate of drug-likeness (QED) is 0.465. The fraction of sp³-hybridized carbons (Fsp3) is 0.581. The third-order valence-electron chi connectivity index (χ3n) is 9.93. The maximum Gasteiger partial charge on any atom is 0.407 e. The summed E-state index contributed by atoms with van der Waals surface area (Å²) in [4.78, 5) is 12.2. The molecule has 5 N–H and O–H groups in total. The fourth-order valence-electron chi connectivity index (χ4n) is 7.90. The minimum atomic E-state index is -0.744. The van der Waals surface area contributed by atoms with Gasteiger partial charge in [0.1, 0.15) is 6.61 Å². The van der Waals surface area contributed by atoms with E-state index < -0.39 is 17.3 Å². The molecule has 198 valence electrons. The summed E-state index contributed by atoms with van der Waals surface area (Å²) >= 11 is 0. The van der Waals surface area contributed by atoms with Crippen LogP contribution in [0.2, 0.25) is 0 Å². The molecule has 0 unspecified atom stereocenters. The number of aliphatic hydroxyl groups is 2. The van der Waals surface area contributed by atoms with E-state index in [0.29, 0.717) is 24.0 Å². The van der Waals surface area contributed by atoms with Crippen molar-refractivity contribution in [1.29, 1.82) is 0 Å². The molecule has 0 aromatic heterocycles. The first-order chi connectivity index (χ1) is 17.8. The van der Waals surface area contributed by atoms with Gasteiger partial charge in [0.05, 0.1) is 11.2 Å². The molecule has 6 heteroatoms. The number of carbonyl (C=O) groups is 1. The van der Waals surface area contributed by atoms with E-state index in [-0.39, 0.29) is 12.5 Å². The largest absolute Gasteiger partial charge is 0.449 e. The van der Waals surface area contributed by atoms with Gasteiger partial charge in [-0.25, -0.2) is 4.79 Å². The number of nitrogens with one attached hydrogen (secondary N) is 1. The lowest BCUT2D eigenvalue weighted by Gasteiger charge is -2.58. The first-order valence-corrected chi connectivity index (χ1v) is 14.0. The molecule has 0 saturated heterocycles. The Morgan fingerprint density at radius 2 is 1.32 bits per heavy atom. The highest BCUT2D eigenvalue weighted by Gasteiger charge is 2.56. The Labute approximate surface area is 219 Å². The van der Waals surface area contributed by atoms with Crippen molar-refractivity contribution in [2.24, 2.45) is 16.6 Å². The summed E-state index contributed by atoms with van der Waals surface area (Å²) in [7, 11) is 0. The molecule has 4 saturated carbocycles. The third-order valence-corrected chi connectivity index (χ3v) is 9.93. The number of ether oxygens (including phenoxy) is 1. The van der Waals surface area contributed by atoms with Gasteiger partial charge >= 0.3 is 6.09 Å². The van der Waals surface area contributed by atoms with Gasteiger partial charge in [-0.2, -0.15) is 0 Å². The summed E-state index contributed by atoms with van der Waals surface area (Å²) in [5.41, 5.74) is 9.97. The lowest BCUT2D eigenvalue weighted by atomic mass is 9.50. The number of benzene rings is 2. The fourth-order valence-corrected chi connectivity index (χ4v) is 7.90. The summed E-state index contributed by atoms with van der Waals surface area (Å²) in [6, 6.07) is 16.6. The Kier molecular flexibility index (Phi) is 6.13. The van der Waals surface area contributed by atoms with Crippen LogP contribution in [-0.2, 0) is 4.74 Å². The monoisotopic (exact) mass is 504 g/mol. The van der Waals surface area contributed by atoms with Gasteiger partial charge in [-0.05, 0) is 84.5 Å². The van der Waals surface area contributed by atoms with Gasteiger partial charge in [0, 0.05) is 19.0 Å². The lowest BCUT2D eigenvalue weighted by molar-refractivity contribution is -0.158. The van der Waals surface area contributed by atoms with Gasteiger partial charge in [0.15, 0.2) is 0 Å². The van der Waals surface area contributed by atoms with Crippen LogP contribution in [0.1, 0.15) is 81.3 Å². The van der Waals surface area contributed by atoms with Gasteiger partial charge in [0.2, 0.25) is 0 Å². The van der Waals surface area contributed by atoms with Crippen molar-refractivity contribution in [3.63, 3.8) is 0 Å². The number of nitrogens with two attached hydrogens (primary N) is 1. The van der Waals surface area contributed by atoms with Crippen molar-refractivity contribution < 1.29 is 19.7 Å². The van der Waals surface area contributed by atoms with Crippen LogP contribution in [0.25, 0.3) is 11.1 Å². The molecule has 5 aliphatic rings. The van der Waals surface area contributed by atoms with Crippen molar-refractivity contribution in [2.75, 3.05) is 19.7 Å². The highest BCUT2D eigenvalue weighted by molar-refractivity contribution is 5.79. The number of alkyl carbamates (subject to hydrolysis) is 1. The highest BCUT2D eigenvalue weighted by Crippen LogP contribution is 2.60. The van der Waals surface area contributed by atoms with Crippen molar-refractivity contribution >= 4 is 6.09 Å². The first-order valence-electron chi connectivity index (χ1n) is 14.0. The maximum absolute atomic E-state index is 12.2. The molecule has 2 aromatic carbocycles. The average molecular weight is 505 g/mol. The molecule has 5 aliphatic carbocycles. The molecule has 37 heavy (non-hydrogen) atoms. The molecule has 0 heterocycles. The SMILES string of the molecule is NCC1(O)CC2(CCC2)C1.O=C(NCC1(O)CC2(CCC2)C1)OCC1c2ccccc2-c2ccccc21. The van der Waals surface area contributed by atoms with E-state index in [1.165, 1.54) is 60.8 Å². The Balaban J connectivity index is 0.000000210. The van der Waals surface area contributed by atoms with Gasteiger partial charge < -0.3 is 26.0 Å². The molecule has 6 nitrogen and oxygen atoms in total. The van der Waals surface area contributed by atoms with Crippen LogP contribution in [0, 0.1) is 10.8 Å². The van der Waals surface area contributed by atoms with Crippen LogP contribution in [-0.4, -0.2) is 47.2 Å². The van der Waals surface area contributed by atoms with E-state index in [1.807, 2.05) is 24.3 Å².